The lowest BCUT2D eigenvalue weighted by atomic mass is 10.4. The van der Waals surface area contributed by atoms with Gasteiger partial charge in [0.1, 0.15) is 0 Å². The van der Waals surface area contributed by atoms with Gasteiger partial charge in [-0.3, -0.25) is 0 Å². The monoisotopic (exact) mass is 328 g/mol. The number of hydrogen-bond acceptors (Lipinski definition) is 2. The number of benzene rings is 2. The van der Waals surface area contributed by atoms with Crippen LogP contribution in [0.15, 0.2) is 85.2 Å². The highest BCUT2D eigenvalue weighted by atomic mass is 28.4. The molecule has 2 aromatic carbocycles. The van der Waals surface area contributed by atoms with Gasteiger partial charge in [-0.2, -0.15) is 0 Å². The average molecular weight is 329 g/mol. The number of hydrogen-bond donors (Lipinski definition) is 0. The van der Waals surface area contributed by atoms with Crippen LogP contribution in [0, 0.1) is 0 Å². The van der Waals surface area contributed by atoms with E-state index in [-0.39, 0.29) is 0 Å². The molecule has 108 valence electrons. The molecule has 5 heteroatoms. The van der Waals surface area contributed by atoms with Gasteiger partial charge in [0.05, 0.1) is 0 Å². The van der Waals surface area contributed by atoms with Gasteiger partial charge in [-0.05, 0) is 10.4 Å². The molecule has 2 rings (SSSR count). The van der Waals surface area contributed by atoms with Crippen molar-refractivity contribution in [3.05, 3.63) is 85.2 Å². The molecule has 0 saturated heterocycles. The quantitative estimate of drug-likeness (QED) is 0.665. The molecule has 0 aliphatic heterocycles. The van der Waals surface area contributed by atoms with Gasteiger partial charge < -0.3 is 8.23 Å². The van der Waals surface area contributed by atoms with E-state index in [1.165, 1.54) is 0 Å². The Morgan fingerprint density at radius 3 is 1.43 bits per heavy atom. The molecule has 0 N–H and O–H groups in total. The molecular weight excluding hydrogens is 308 g/mol. The first-order chi connectivity index (χ1) is 10.3. The second-order valence-electron chi connectivity index (χ2n) is 4.55. The Bertz CT molecular complexity index is 519. The maximum Gasteiger partial charge on any atom is 0.386 e. The minimum absolute atomic E-state index is 0.809. The van der Waals surface area contributed by atoms with Crippen molar-refractivity contribution < 1.29 is 8.23 Å². The van der Waals surface area contributed by atoms with E-state index < -0.39 is 28.1 Å². The fourth-order valence-electron chi connectivity index (χ4n) is 2.21. The van der Waals surface area contributed by atoms with Crippen molar-refractivity contribution in [2.75, 3.05) is 0 Å². The highest BCUT2D eigenvalue weighted by Gasteiger charge is 2.41. The standard InChI is InChI=1S/C16H20O2Si3/c1-3-19-17-21(18-20-4-2,15-11-7-5-8-12-15)16-13-9-6-10-14-16/h3-14H,1-2,19-20H2. The SMILES string of the molecule is C=C[SiH2]O[Si](O[SiH2]C=C)(c1ccccc1)c1ccccc1. The zero-order valence-electron chi connectivity index (χ0n) is 12.1. The Hall–Kier alpha value is -1.51. The normalized spacial score (nSPS) is 12.2. The van der Waals surface area contributed by atoms with E-state index in [9.17, 15) is 0 Å². The minimum atomic E-state index is -2.61. The van der Waals surface area contributed by atoms with Crippen molar-refractivity contribution in [3.63, 3.8) is 0 Å². The Morgan fingerprint density at radius 1 is 0.714 bits per heavy atom. The summed E-state index contributed by atoms with van der Waals surface area (Å²) in [5, 5.41) is 2.31. The van der Waals surface area contributed by atoms with Crippen molar-refractivity contribution in [2.24, 2.45) is 0 Å². The molecule has 0 fully saturated rings. The van der Waals surface area contributed by atoms with E-state index in [2.05, 4.69) is 37.4 Å². The van der Waals surface area contributed by atoms with Crippen LogP contribution in [0.1, 0.15) is 0 Å². The van der Waals surface area contributed by atoms with E-state index in [0.29, 0.717) is 0 Å². The van der Waals surface area contributed by atoms with E-state index in [0.717, 1.165) is 10.4 Å². The van der Waals surface area contributed by atoms with Crippen molar-refractivity contribution in [3.8, 4) is 0 Å². The fourth-order valence-corrected chi connectivity index (χ4v) is 10.4. The summed E-state index contributed by atoms with van der Waals surface area (Å²) in [6.07, 6.45) is 0. The summed E-state index contributed by atoms with van der Waals surface area (Å²) in [6.45, 7) is 7.65. The van der Waals surface area contributed by atoms with Crippen LogP contribution in [0.4, 0.5) is 0 Å². The minimum Gasteiger partial charge on any atom is -0.432 e. The first-order valence-corrected chi connectivity index (χ1v) is 11.5. The first-order valence-electron chi connectivity index (χ1n) is 6.94. The van der Waals surface area contributed by atoms with Crippen molar-refractivity contribution in [2.45, 2.75) is 0 Å². The summed E-state index contributed by atoms with van der Waals surface area (Å²) in [7, 11) is -4.23. The third-order valence-electron chi connectivity index (χ3n) is 3.12. The molecule has 0 saturated carbocycles. The maximum atomic E-state index is 6.38. The highest BCUT2D eigenvalue weighted by Crippen LogP contribution is 2.09. The highest BCUT2D eigenvalue weighted by molar-refractivity contribution is 6.97. The summed E-state index contributed by atoms with van der Waals surface area (Å²) in [6, 6.07) is 20.6. The van der Waals surface area contributed by atoms with Gasteiger partial charge in [-0.15, -0.1) is 13.2 Å². The van der Waals surface area contributed by atoms with Gasteiger partial charge in [0, 0.05) is 0 Å². The predicted octanol–water partition coefficient (Wildman–Crippen LogP) is 0.731. The zero-order valence-corrected chi connectivity index (χ0v) is 15.9. The van der Waals surface area contributed by atoms with Gasteiger partial charge in [-0.1, -0.05) is 72.1 Å². The van der Waals surface area contributed by atoms with Crippen LogP contribution in [-0.4, -0.2) is 28.1 Å². The van der Waals surface area contributed by atoms with Gasteiger partial charge in [0.15, 0.2) is 19.5 Å². The maximum absolute atomic E-state index is 6.38. The summed E-state index contributed by atoms with van der Waals surface area (Å²) in [4.78, 5) is 0. The van der Waals surface area contributed by atoms with Gasteiger partial charge in [0.25, 0.3) is 0 Å². The zero-order chi connectivity index (χ0) is 15.0. The van der Waals surface area contributed by atoms with Crippen LogP contribution in [0.3, 0.4) is 0 Å². The van der Waals surface area contributed by atoms with Crippen LogP contribution < -0.4 is 10.4 Å². The van der Waals surface area contributed by atoms with Gasteiger partial charge in [-0.25, -0.2) is 0 Å². The van der Waals surface area contributed by atoms with Crippen molar-refractivity contribution in [1.29, 1.82) is 0 Å². The molecule has 0 spiro atoms. The molecule has 0 aromatic heterocycles. The first kappa shape index (κ1) is 15.9. The summed E-state index contributed by atoms with van der Waals surface area (Å²) in [5.41, 5.74) is 3.82. The number of rotatable bonds is 8. The summed E-state index contributed by atoms with van der Waals surface area (Å²) >= 11 is 0. The Morgan fingerprint density at radius 2 is 1.10 bits per heavy atom. The van der Waals surface area contributed by atoms with Crippen LogP contribution in [0.2, 0.25) is 0 Å². The van der Waals surface area contributed by atoms with Gasteiger partial charge in [0.2, 0.25) is 0 Å². The molecular formula is C16H20O2Si3. The summed E-state index contributed by atoms with van der Waals surface area (Å²) < 4.78 is 12.8. The van der Waals surface area contributed by atoms with Crippen LogP contribution in [-0.2, 0) is 8.23 Å². The summed E-state index contributed by atoms with van der Waals surface area (Å²) in [5.74, 6) is 0. The molecule has 21 heavy (non-hydrogen) atoms. The van der Waals surface area contributed by atoms with Crippen LogP contribution >= 0.6 is 0 Å². The Balaban J connectivity index is 2.52. The third kappa shape index (κ3) is 3.78. The Kier molecular flexibility index (Phi) is 6.09. The van der Waals surface area contributed by atoms with E-state index in [1.54, 1.807) is 0 Å². The average Bonchev–Trinajstić information content (AvgIpc) is 2.57. The molecule has 0 unspecified atom stereocenters. The molecule has 0 aliphatic rings. The van der Waals surface area contributed by atoms with E-state index >= 15 is 0 Å². The molecule has 2 aromatic rings. The molecule has 0 atom stereocenters. The third-order valence-corrected chi connectivity index (χ3v) is 10.4. The van der Waals surface area contributed by atoms with Crippen LogP contribution in [0.25, 0.3) is 0 Å². The van der Waals surface area contributed by atoms with E-state index in [1.807, 2.05) is 47.8 Å². The van der Waals surface area contributed by atoms with Gasteiger partial charge >= 0.3 is 8.56 Å². The lowest BCUT2D eigenvalue weighted by Crippen LogP contribution is -2.64. The fraction of sp³-hybridized carbons (Fsp3) is 0. The molecule has 2 nitrogen and oxygen atoms in total. The largest absolute Gasteiger partial charge is 0.432 e. The van der Waals surface area contributed by atoms with Crippen molar-refractivity contribution >= 4 is 38.5 Å². The molecule has 0 bridgehead atoms. The molecule has 0 radical (unpaired) electrons. The van der Waals surface area contributed by atoms with E-state index in [4.69, 9.17) is 8.23 Å². The molecule has 0 amide bonds. The predicted molar refractivity (Wildman–Crippen MR) is 97.6 cm³/mol. The molecule has 0 heterocycles. The topological polar surface area (TPSA) is 18.5 Å². The van der Waals surface area contributed by atoms with Crippen LogP contribution in [0.5, 0.6) is 0 Å². The lowest BCUT2D eigenvalue weighted by Gasteiger charge is -2.31. The van der Waals surface area contributed by atoms with Crippen molar-refractivity contribution in [1.82, 2.24) is 0 Å². The Labute approximate surface area is 132 Å². The molecule has 0 aliphatic carbocycles. The second-order valence-corrected chi connectivity index (χ2v) is 11.1. The lowest BCUT2D eigenvalue weighted by molar-refractivity contribution is 0.454. The second kappa shape index (κ2) is 8.06. The smallest absolute Gasteiger partial charge is 0.386 e.